The van der Waals surface area contributed by atoms with Gasteiger partial charge in [0.25, 0.3) is 0 Å². The van der Waals surface area contributed by atoms with Crippen molar-refractivity contribution in [3.05, 3.63) is 30.3 Å². The number of ether oxygens (including phenoxy) is 1. The summed E-state index contributed by atoms with van der Waals surface area (Å²) in [4.78, 5) is 14.5. The van der Waals surface area contributed by atoms with Gasteiger partial charge in [0.15, 0.2) is 0 Å². The minimum atomic E-state index is -0.0623. The summed E-state index contributed by atoms with van der Waals surface area (Å²) >= 11 is 0. The van der Waals surface area contributed by atoms with E-state index in [9.17, 15) is 4.79 Å². The van der Waals surface area contributed by atoms with Gasteiger partial charge in [0.05, 0.1) is 12.8 Å². The molecule has 0 saturated carbocycles. The van der Waals surface area contributed by atoms with Gasteiger partial charge in [-0.05, 0) is 38.8 Å². The highest BCUT2D eigenvalue weighted by molar-refractivity contribution is 5.89. The molecule has 0 aliphatic carbocycles. The van der Waals surface area contributed by atoms with Gasteiger partial charge in [0.1, 0.15) is 11.6 Å². The second-order valence-corrected chi connectivity index (χ2v) is 6.38. The molecule has 0 unspecified atom stereocenters. The van der Waals surface area contributed by atoms with Crippen molar-refractivity contribution >= 4 is 11.8 Å². The normalized spacial score (nSPS) is 20.2. The Morgan fingerprint density at radius 1 is 1.25 bits per heavy atom. The predicted octanol–water partition coefficient (Wildman–Crippen LogP) is 3.50. The third-order valence-electron chi connectivity index (χ3n) is 4.67. The maximum absolute atomic E-state index is 12.6. The van der Waals surface area contributed by atoms with Crippen LogP contribution in [0.15, 0.2) is 30.3 Å². The van der Waals surface area contributed by atoms with E-state index in [-0.39, 0.29) is 18.1 Å². The van der Waals surface area contributed by atoms with Gasteiger partial charge in [-0.3, -0.25) is 10.00 Å². The molecule has 128 valence electrons. The number of methoxy groups -OCH3 is 1. The number of nitrogens with one attached hydrogen (secondary N) is 1. The summed E-state index contributed by atoms with van der Waals surface area (Å²) in [6.45, 7) is 4.18. The molecular formula is C18H24N4O2. The molecule has 1 N–H and O–H groups in total. The molecule has 2 atom stereocenters. The maximum Gasteiger partial charge on any atom is 0.323 e. The Morgan fingerprint density at radius 2 is 1.96 bits per heavy atom. The van der Waals surface area contributed by atoms with E-state index in [0.29, 0.717) is 5.82 Å². The zero-order valence-corrected chi connectivity index (χ0v) is 14.6. The van der Waals surface area contributed by atoms with E-state index in [0.717, 1.165) is 29.8 Å². The SMILES string of the molecule is COc1cccc(-c2cc(NC(=O)N3[C@H](C)CC[C@@H]3C)n(C)n2)c1. The number of benzene rings is 1. The summed E-state index contributed by atoms with van der Waals surface area (Å²) in [6.07, 6.45) is 2.10. The van der Waals surface area contributed by atoms with E-state index in [4.69, 9.17) is 4.74 Å². The summed E-state index contributed by atoms with van der Waals surface area (Å²) < 4.78 is 6.95. The van der Waals surface area contributed by atoms with Crippen molar-refractivity contribution in [2.24, 2.45) is 7.05 Å². The second-order valence-electron chi connectivity index (χ2n) is 6.38. The Labute approximate surface area is 142 Å². The van der Waals surface area contributed by atoms with Crippen molar-refractivity contribution < 1.29 is 9.53 Å². The Balaban J connectivity index is 1.80. The number of aromatic nitrogens is 2. The lowest BCUT2D eigenvalue weighted by Crippen LogP contribution is -2.41. The van der Waals surface area contributed by atoms with Crippen LogP contribution in [0.5, 0.6) is 5.75 Å². The minimum absolute atomic E-state index is 0.0623. The molecule has 0 radical (unpaired) electrons. The molecule has 24 heavy (non-hydrogen) atoms. The van der Waals surface area contributed by atoms with Gasteiger partial charge in [-0.2, -0.15) is 5.10 Å². The monoisotopic (exact) mass is 328 g/mol. The number of urea groups is 1. The number of hydrogen-bond acceptors (Lipinski definition) is 3. The fourth-order valence-corrected chi connectivity index (χ4v) is 3.28. The van der Waals surface area contributed by atoms with E-state index in [1.807, 2.05) is 42.3 Å². The van der Waals surface area contributed by atoms with Crippen LogP contribution >= 0.6 is 0 Å². The third-order valence-corrected chi connectivity index (χ3v) is 4.67. The molecule has 0 bridgehead atoms. The quantitative estimate of drug-likeness (QED) is 0.938. The first-order valence-electron chi connectivity index (χ1n) is 8.27. The lowest BCUT2D eigenvalue weighted by molar-refractivity contribution is 0.194. The molecule has 3 rings (SSSR count). The molecule has 1 aliphatic heterocycles. The molecule has 1 saturated heterocycles. The van der Waals surface area contributed by atoms with E-state index >= 15 is 0 Å². The van der Waals surface area contributed by atoms with Crippen molar-refractivity contribution in [3.63, 3.8) is 0 Å². The summed E-state index contributed by atoms with van der Waals surface area (Å²) in [5.41, 5.74) is 1.75. The van der Waals surface area contributed by atoms with Crippen LogP contribution in [-0.2, 0) is 7.05 Å². The standard InChI is InChI=1S/C18H24N4O2/c1-12-8-9-13(2)22(12)18(23)19-17-11-16(20-21(17)3)14-6-5-7-15(10-14)24-4/h5-7,10-13H,8-9H2,1-4H3,(H,19,23)/t12-,13+. The number of likely N-dealkylation sites (tertiary alicyclic amines) is 1. The van der Waals surface area contributed by atoms with Gasteiger partial charge >= 0.3 is 6.03 Å². The van der Waals surface area contributed by atoms with Crippen LogP contribution in [0.1, 0.15) is 26.7 Å². The fourth-order valence-electron chi connectivity index (χ4n) is 3.28. The highest BCUT2D eigenvalue weighted by Crippen LogP contribution is 2.27. The smallest absolute Gasteiger partial charge is 0.323 e. The first-order chi connectivity index (χ1) is 11.5. The number of nitrogens with zero attached hydrogens (tertiary/aromatic N) is 3. The van der Waals surface area contributed by atoms with E-state index in [2.05, 4.69) is 24.3 Å². The van der Waals surface area contributed by atoms with Crippen LogP contribution in [0.2, 0.25) is 0 Å². The van der Waals surface area contributed by atoms with Crippen LogP contribution < -0.4 is 10.1 Å². The molecule has 6 nitrogen and oxygen atoms in total. The number of hydrogen-bond donors (Lipinski definition) is 1. The second kappa shape index (κ2) is 6.55. The number of carbonyl (C=O) groups is 1. The van der Waals surface area contributed by atoms with Gasteiger partial charge < -0.3 is 9.64 Å². The zero-order chi connectivity index (χ0) is 17.3. The van der Waals surface area contributed by atoms with Crippen molar-refractivity contribution in [2.45, 2.75) is 38.8 Å². The molecule has 1 aromatic heterocycles. The average Bonchev–Trinajstić information content (AvgIpc) is 3.10. The number of amides is 2. The zero-order valence-electron chi connectivity index (χ0n) is 14.6. The fraction of sp³-hybridized carbons (Fsp3) is 0.444. The first-order valence-corrected chi connectivity index (χ1v) is 8.27. The molecule has 1 aromatic carbocycles. The topological polar surface area (TPSA) is 59.4 Å². The van der Waals surface area contributed by atoms with E-state index in [1.165, 1.54) is 0 Å². The van der Waals surface area contributed by atoms with Crippen LogP contribution in [-0.4, -0.2) is 39.9 Å². The lowest BCUT2D eigenvalue weighted by atomic mass is 10.1. The number of anilines is 1. The summed E-state index contributed by atoms with van der Waals surface area (Å²) in [6, 6.07) is 10.1. The number of rotatable bonds is 3. The van der Waals surface area contributed by atoms with Crippen molar-refractivity contribution in [2.75, 3.05) is 12.4 Å². The minimum Gasteiger partial charge on any atom is -0.497 e. The summed E-state index contributed by atoms with van der Waals surface area (Å²) in [7, 11) is 3.47. The number of aryl methyl sites for hydroxylation is 1. The largest absolute Gasteiger partial charge is 0.497 e. The molecule has 2 heterocycles. The van der Waals surface area contributed by atoms with Crippen LogP contribution in [0.4, 0.5) is 10.6 Å². The average molecular weight is 328 g/mol. The molecular weight excluding hydrogens is 304 g/mol. The van der Waals surface area contributed by atoms with Gasteiger partial charge in [0.2, 0.25) is 0 Å². The van der Waals surface area contributed by atoms with Crippen molar-refractivity contribution in [1.29, 1.82) is 0 Å². The molecule has 0 spiro atoms. The van der Waals surface area contributed by atoms with Crippen molar-refractivity contribution in [3.8, 4) is 17.0 Å². The van der Waals surface area contributed by atoms with Crippen molar-refractivity contribution in [1.82, 2.24) is 14.7 Å². The molecule has 1 aliphatic rings. The Kier molecular flexibility index (Phi) is 4.46. The highest BCUT2D eigenvalue weighted by Gasteiger charge is 2.31. The molecule has 6 heteroatoms. The molecule has 1 fully saturated rings. The maximum atomic E-state index is 12.6. The van der Waals surface area contributed by atoms with Gasteiger partial charge in [-0.15, -0.1) is 0 Å². The summed E-state index contributed by atoms with van der Waals surface area (Å²) in [5, 5.41) is 7.49. The molecule has 2 aromatic rings. The third kappa shape index (κ3) is 3.09. The lowest BCUT2D eigenvalue weighted by Gasteiger charge is -2.26. The number of carbonyl (C=O) groups excluding carboxylic acids is 1. The van der Waals surface area contributed by atoms with E-state index < -0.39 is 0 Å². The van der Waals surface area contributed by atoms with Gasteiger partial charge in [-0.1, -0.05) is 12.1 Å². The Morgan fingerprint density at radius 3 is 2.62 bits per heavy atom. The summed E-state index contributed by atoms with van der Waals surface area (Å²) in [5.74, 6) is 1.47. The first kappa shape index (κ1) is 16.4. The van der Waals surface area contributed by atoms with Crippen LogP contribution in [0.3, 0.4) is 0 Å². The predicted molar refractivity (Wildman–Crippen MR) is 94.2 cm³/mol. The van der Waals surface area contributed by atoms with Crippen LogP contribution in [0, 0.1) is 0 Å². The molecule has 2 amide bonds. The van der Waals surface area contributed by atoms with E-state index in [1.54, 1.807) is 11.8 Å². The van der Waals surface area contributed by atoms with Gasteiger partial charge in [-0.25, -0.2) is 4.79 Å². The Hall–Kier alpha value is -2.50. The highest BCUT2D eigenvalue weighted by atomic mass is 16.5. The Bertz CT molecular complexity index is 730. The van der Waals surface area contributed by atoms with Crippen LogP contribution in [0.25, 0.3) is 11.3 Å². The van der Waals surface area contributed by atoms with Gasteiger partial charge in [0, 0.05) is 30.8 Å².